The van der Waals surface area contributed by atoms with Crippen LogP contribution in [0, 0.1) is 0 Å². The number of carbonyl (C=O) groups excluding carboxylic acids is 1. The van der Waals surface area contributed by atoms with E-state index in [4.69, 9.17) is 4.55 Å². The lowest BCUT2D eigenvalue weighted by Gasteiger charge is -2.12. The Labute approximate surface area is 207 Å². The summed E-state index contributed by atoms with van der Waals surface area (Å²) >= 11 is 0. The van der Waals surface area contributed by atoms with Crippen molar-refractivity contribution in [3.63, 3.8) is 0 Å². The summed E-state index contributed by atoms with van der Waals surface area (Å²) in [7, 11) is -8.73. The van der Waals surface area contributed by atoms with Crippen LogP contribution in [0.4, 0.5) is 5.82 Å². The molecule has 0 unspecified atom stereocenters. The van der Waals surface area contributed by atoms with Crippen molar-refractivity contribution in [2.75, 3.05) is 5.32 Å². The molecule has 184 valence electrons. The fourth-order valence-corrected chi connectivity index (χ4v) is 4.30. The number of nitrogens with zero attached hydrogens (tertiary/aromatic N) is 2. The van der Waals surface area contributed by atoms with Gasteiger partial charge in [0.2, 0.25) is 0 Å². The van der Waals surface area contributed by atoms with Gasteiger partial charge in [-0.05, 0) is 42.0 Å². The van der Waals surface area contributed by atoms with E-state index in [0.717, 1.165) is 17.7 Å². The number of rotatable bonds is 7. The lowest BCUT2D eigenvalue weighted by molar-refractivity contribution is 0.102. The van der Waals surface area contributed by atoms with Gasteiger partial charge in [-0.3, -0.25) is 13.9 Å². The molecule has 12 heteroatoms. The van der Waals surface area contributed by atoms with E-state index >= 15 is 0 Å². The Balaban J connectivity index is 1.67. The Morgan fingerprint density at radius 2 is 1.33 bits per heavy atom. The number of benzene rings is 3. The first-order valence-corrected chi connectivity index (χ1v) is 13.3. The molecule has 3 aromatic carbocycles. The predicted octanol–water partition coefficient (Wildman–Crippen LogP) is 3.48. The van der Waals surface area contributed by atoms with Gasteiger partial charge in [0.05, 0.1) is 27.4 Å². The summed E-state index contributed by atoms with van der Waals surface area (Å²) in [6, 6.07) is 19.5. The molecule has 0 aliphatic rings. The van der Waals surface area contributed by atoms with Crippen molar-refractivity contribution in [2.45, 2.75) is 16.2 Å². The van der Waals surface area contributed by atoms with Gasteiger partial charge in [-0.15, -0.1) is 0 Å². The van der Waals surface area contributed by atoms with Crippen LogP contribution >= 0.6 is 0 Å². The summed E-state index contributed by atoms with van der Waals surface area (Å²) in [5, 5.41) is 2.68. The molecule has 4 rings (SSSR count). The van der Waals surface area contributed by atoms with Gasteiger partial charge in [-0.2, -0.15) is 16.8 Å². The van der Waals surface area contributed by atoms with Crippen molar-refractivity contribution in [3.8, 4) is 11.3 Å². The Bertz CT molecular complexity index is 1620. The average Bonchev–Trinajstić information content (AvgIpc) is 2.85. The van der Waals surface area contributed by atoms with Crippen LogP contribution in [-0.2, 0) is 26.7 Å². The van der Waals surface area contributed by atoms with Gasteiger partial charge in [0, 0.05) is 17.5 Å². The highest BCUT2D eigenvalue weighted by Gasteiger charge is 2.16. The van der Waals surface area contributed by atoms with Crippen molar-refractivity contribution in [1.29, 1.82) is 0 Å². The minimum absolute atomic E-state index is 0.139. The Morgan fingerprint density at radius 3 is 1.89 bits per heavy atom. The molecule has 0 aliphatic carbocycles. The van der Waals surface area contributed by atoms with E-state index in [9.17, 15) is 26.2 Å². The Morgan fingerprint density at radius 1 is 0.778 bits per heavy atom. The second-order valence-corrected chi connectivity index (χ2v) is 10.5. The van der Waals surface area contributed by atoms with E-state index in [1.54, 1.807) is 0 Å². The number of nitrogens with one attached hydrogen (secondary N) is 1. The third-order valence-electron chi connectivity index (χ3n) is 5.15. The SMILES string of the molecule is O=C(Nc1ncc(-c2ccc(S(=O)(=O)O)cc2)nc1Cc1ccccc1)c1ccc(S(=O)(=O)O)cc1. The molecule has 0 spiro atoms. The average molecular weight is 526 g/mol. The van der Waals surface area contributed by atoms with Crippen molar-refractivity contribution in [2.24, 2.45) is 0 Å². The number of hydrogen-bond acceptors (Lipinski definition) is 7. The molecular formula is C24H19N3O7S2. The van der Waals surface area contributed by atoms with Gasteiger partial charge in [0.25, 0.3) is 26.1 Å². The Kier molecular flexibility index (Phi) is 6.95. The largest absolute Gasteiger partial charge is 0.305 e. The van der Waals surface area contributed by atoms with Crippen LogP contribution in [0.1, 0.15) is 21.6 Å². The number of anilines is 1. The first-order chi connectivity index (χ1) is 17.0. The highest BCUT2D eigenvalue weighted by atomic mass is 32.2. The van der Waals surface area contributed by atoms with Crippen LogP contribution in [0.3, 0.4) is 0 Å². The van der Waals surface area contributed by atoms with Gasteiger partial charge >= 0.3 is 0 Å². The zero-order valence-corrected chi connectivity index (χ0v) is 20.1. The van der Waals surface area contributed by atoms with Gasteiger partial charge in [0.15, 0.2) is 5.82 Å². The summed E-state index contributed by atoms with van der Waals surface area (Å²) in [5.74, 6) is -0.383. The second-order valence-electron chi connectivity index (χ2n) is 7.67. The van der Waals surface area contributed by atoms with Crippen molar-refractivity contribution in [1.82, 2.24) is 9.97 Å². The molecule has 1 amide bonds. The van der Waals surface area contributed by atoms with E-state index in [1.807, 2.05) is 30.3 Å². The maximum absolute atomic E-state index is 12.8. The van der Waals surface area contributed by atoms with E-state index in [-0.39, 0.29) is 21.2 Å². The molecule has 3 N–H and O–H groups in total. The smallest absolute Gasteiger partial charge is 0.294 e. The second kappa shape index (κ2) is 9.95. The normalized spacial score (nSPS) is 11.7. The standard InChI is InChI=1S/C24H19N3O7S2/c28-24(18-8-12-20(13-9-18)36(32,33)34)27-23-21(14-16-4-2-1-3-5-16)26-22(15-25-23)17-6-10-19(11-7-17)35(29,30)31/h1-13,15H,14H2,(H,25,27,28)(H,29,30,31)(H,32,33,34). The first kappa shape index (κ1) is 25.1. The quantitative estimate of drug-likeness (QED) is 0.306. The lowest BCUT2D eigenvalue weighted by atomic mass is 10.1. The fourth-order valence-electron chi connectivity index (χ4n) is 3.34. The third kappa shape index (κ3) is 5.98. The van der Waals surface area contributed by atoms with Gasteiger partial charge in [-0.25, -0.2) is 9.97 Å². The zero-order valence-electron chi connectivity index (χ0n) is 18.4. The zero-order chi connectivity index (χ0) is 25.9. The third-order valence-corrected chi connectivity index (χ3v) is 6.89. The number of carbonyl (C=O) groups is 1. The summed E-state index contributed by atoms with van der Waals surface area (Å²) in [6.07, 6.45) is 1.73. The van der Waals surface area contributed by atoms with Crippen molar-refractivity contribution in [3.05, 3.63) is 102 Å². The molecular weight excluding hydrogens is 506 g/mol. The maximum atomic E-state index is 12.8. The summed E-state index contributed by atoms with van der Waals surface area (Å²) < 4.78 is 63.4. The van der Waals surface area contributed by atoms with Gasteiger partial charge in [0.1, 0.15) is 0 Å². The summed E-state index contributed by atoms with van der Waals surface area (Å²) in [6.45, 7) is 0. The minimum Gasteiger partial charge on any atom is -0.305 e. The molecule has 0 saturated carbocycles. The highest BCUT2D eigenvalue weighted by molar-refractivity contribution is 7.86. The molecule has 4 aromatic rings. The molecule has 0 radical (unpaired) electrons. The maximum Gasteiger partial charge on any atom is 0.294 e. The van der Waals surface area contributed by atoms with E-state index in [2.05, 4.69) is 15.3 Å². The minimum atomic E-state index is -4.39. The van der Waals surface area contributed by atoms with Crippen molar-refractivity contribution >= 4 is 32.0 Å². The van der Waals surface area contributed by atoms with E-state index in [0.29, 0.717) is 23.4 Å². The molecule has 0 aliphatic heterocycles. The Hall–Kier alpha value is -3.97. The lowest BCUT2D eigenvalue weighted by Crippen LogP contribution is -2.16. The molecule has 0 bridgehead atoms. The molecule has 1 heterocycles. The van der Waals surface area contributed by atoms with E-state index < -0.39 is 26.1 Å². The highest BCUT2D eigenvalue weighted by Crippen LogP contribution is 2.24. The fraction of sp³-hybridized carbons (Fsp3) is 0.0417. The van der Waals surface area contributed by atoms with Crippen LogP contribution in [0.2, 0.25) is 0 Å². The summed E-state index contributed by atoms with van der Waals surface area (Å²) in [4.78, 5) is 21.2. The van der Waals surface area contributed by atoms with Crippen LogP contribution in [0.15, 0.2) is 94.9 Å². The molecule has 0 saturated heterocycles. The van der Waals surface area contributed by atoms with Gasteiger partial charge < -0.3 is 5.32 Å². The molecule has 10 nitrogen and oxygen atoms in total. The van der Waals surface area contributed by atoms with Crippen molar-refractivity contribution < 1.29 is 30.7 Å². The van der Waals surface area contributed by atoms with Crippen LogP contribution in [0.5, 0.6) is 0 Å². The number of amides is 1. The molecule has 1 aromatic heterocycles. The number of aromatic nitrogens is 2. The molecule has 36 heavy (non-hydrogen) atoms. The molecule has 0 fully saturated rings. The first-order valence-electron chi connectivity index (χ1n) is 10.4. The topological polar surface area (TPSA) is 164 Å². The van der Waals surface area contributed by atoms with Gasteiger partial charge in [-0.1, -0.05) is 42.5 Å². The van der Waals surface area contributed by atoms with Crippen LogP contribution in [-0.4, -0.2) is 41.8 Å². The number of hydrogen-bond donors (Lipinski definition) is 3. The van der Waals surface area contributed by atoms with E-state index in [1.165, 1.54) is 42.6 Å². The predicted molar refractivity (Wildman–Crippen MR) is 131 cm³/mol. The van der Waals surface area contributed by atoms with Crippen LogP contribution in [0.25, 0.3) is 11.3 Å². The van der Waals surface area contributed by atoms with Crippen LogP contribution < -0.4 is 5.32 Å². The monoisotopic (exact) mass is 525 g/mol. The molecule has 0 atom stereocenters. The summed E-state index contributed by atoms with van der Waals surface area (Å²) in [5.41, 5.74) is 2.43.